The van der Waals surface area contributed by atoms with Crippen LogP contribution in [-0.2, 0) is 19.3 Å². The zero-order valence-corrected chi connectivity index (χ0v) is 24.0. The molecule has 1 aliphatic heterocycles. The van der Waals surface area contributed by atoms with Crippen LogP contribution < -0.4 is 16.1 Å². The number of aromatic amines is 1. The molecule has 1 N–H and O–H groups in total. The summed E-state index contributed by atoms with van der Waals surface area (Å²) in [4.78, 5) is 32.9. The molecule has 43 heavy (non-hydrogen) atoms. The molecule has 10 heteroatoms. The maximum atomic E-state index is 15.7. The van der Waals surface area contributed by atoms with Crippen LogP contribution >= 0.6 is 0 Å². The van der Waals surface area contributed by atoms with Gasteiger partial charge in [0.2, 0.25) is 0 Å². The van der Waals surface area contributed by atoms with Gasteiger partial charge in [-0.25, -0.2) is 14.2 Å². The van der Waals surface area contributed by atoms with E-state index in [-0.39, 0.29) is 74.8 Å². The molecule has 0 aliphatic carbocycles. The van der Waals surface area contributed by atoms with Crippen LogP contribution in [0.4, 0.5) is 4.39 Å². The second-order valence-electron chi connectivity index (χ2n) is 11.3. The van der Waals surface area contributed by atoms with E-state index in [4.69, 9.17) is 9.72 Å². The number of benzene rings is 3. The Labute approximate surface area is 290 Å². The van der Waals surface area contributed by atoms with Crippen molar-refractivity contribution < 1.29 is 13.7 Å². The van der Waals surface area contributed by atoms with E-state index in [0.717, 1.165) is 35.5 Å². The van der Waals surface area contributed by atoms with Gasteiger partial charge in [0.25, 0.3) is 5.56 Å². The van der Waals surface area contributed by atoms with E-state index in [1.165, 1.54) is 6.07 Å². The van der Waals surface area contributed by atoms with E-state index in [9.17, 15) is 9.59 Å². The van der Waals surface area contributed by atoms with Crippen LogP contribution in [0.2, 0.25) is 0 Å². The number of fused-ring (bicyclic) bond motifs is 1. The summed E-state index contributed by atoms with van der Waals surface area (Å²) in [5, 5.41) is 3.76. The Balaban J connectivity index is 0.00000368. The maximum absolute atomic E-state index is 15.7. The predicted molar refractivity (Wildman–Crippen MR) is 165 cm³/mol. The van der Waals surface area contributed by atoms with Crippen molar-refractivity contribution in [2.75, 3.05) is 0 Å². The van der Waals surface area contributed by atoms with E-state index in [1.807, 2.05) is 52.0 Å². The molecule has 0 saturated heterocycles. The Hall–Kier alpha value is -3.15. The molecule has 2 aromatic heterocycles. The van der Waals surface area contributed by atoms with Crippen molar-refractivity contribution in [3.8, 4) is 34.0 Å². The van der Waals surface area contributed by atoms with Gasteiger partial charge in [-0.1, -0.05) is 54.9 Å². The number of nitrogens with one attached hydrogen (secondary N) is 1. The summed E-state index contributed by atoms with van der Waals surface area (Å²) in [6.45, 7) is 7.97. The average molecular weight is 607 g/mol. The second kappa shape index (κ2) is 12.5. The Kier molecular flexibility index (Phi) is 9.06. The summed E-state index contributed by atoms with van der Waals surface area (Å²) < 4.78 is 28.0. The van der Waals surface area contributed by atoms with E-state index in [2.05, 4.69) is 14.7 Å². The average Bonchev–Trinajstić information content (AvgIpc) is 3.51. The van der Waals surface area contributed by atoms with Gasteiger partial charge in [0.15, 0.2) is 5.82 Å². The Bertz CT molecular complexity index is 1940. The topological polar surface area (TPSA) is 103 Å². The van der Waals surface area contributed by atoms with Gasteiger partial charge in [0.05, 0.1) is 11.4 Å². The van der Waals surface area contributed by atoms with Crippen LogP contribution in [0.25, 0.3) is 28.2 Å². The molecular weight excluding hydrogens is 574 g/mol. The van der Waals surface area contributed by atoms with Crippen molar-refractivity contribution in [1.29, 1.82) is 0 Å². The van der Waals surface area contributed by atoms with Crippen molar-refractivity contribution in [3.05, 3.63) is 116 Å². The standard InChI is InChI=1S/C33H31FN4O4.K.H/c1-5-8-28-26(31(39)38(19(2)35-28)22-12-14-29-21(17-22)18-33(3,4)41-29)15-20-11-13-24(27(34)16-20)23-9-6-7-10-25(23)30-36-32(40)42-37-30;;/h6-7,9-14,16-17H,5,8,15,18H2,1-4H3,(H,36,37,40);;. The number of rotatable bonds is 7. The fourth-order valence-electron chi connectivity index (χ4n) is 5.74. The van der Waals surface area contributed by atoms with Gasteiger partial charge in [-0.2, -0.15) is 0 Å². The number of aryl methyl sites for hydroxylation is 2. The van der Waals surface area contributed by atoms with Gasteiger partial charge in [0.1, 0.15) is 23.0 Å². The van der Waals surface area contributed by atoms with Crippen molar-refractivity contribution >= 4 is 51.4 Å². The normalized spacial score (nSPS) is 13.3. The molecule has 0 bridgehead atoms. The Morgan fingerprint density at radius 1 is 1.02 bits per heavy atom. The summed E-state index contributed by atoms with van der Waals surface area (Å²) in [7, 11) is 0. The van der Waals surface area contributed by atoms with Crippen LogP contribution in [0, 0.1) is 12.7 Å². The molecule has 5 aromatic rings. The van der Waals surface area contributed by atoms with Gasteiger partial charge in [-0.05, 0) is 62.6 Å². The molecule has 1 aliphatic rings. The van der Waals surface area contributed by atoms with E-state index < -0.39 is 11.6 Å². The third kappa shape index (κ3) is 6.25. The van der Waals surface area contributed by atoms with Crippen LogP contribution in [-0.4, -0.2) is 76.7 Å². The minimum atomic E-state index is -0.687. The van der Waals surface area contributed by atoms with Crippen molar-refractivity contribution in [1.82, 2.24) is 19.7 Å². The zero-order chi connectivity index (χ0) is 29.6. The molecule has 3 aromatic carbocycles. The second-order valence-corrected chi connectivity index (χ2v) is 11.3. The number of hydrogen-bond acceptors (Lipinski definition) is 6. The molecule has 216 valence electrons. The fourth-order valence-corrected chi connectivity index (χ4v) is 5.74. The molecule has 8 nitrogen and oxygen atoms in total. The number of ether oxygens (including phenoxy) is 1. The first kappa shape index (κ1) is 31.3. The first-order valence-corrected chi connectivity index (χ1v) is 14.0. The van der Waals surface area contributed by atoms with Crippen molar-refractivity contribution in [2.24, 2.45) is 0 Å². The van der Waals surface area contributed by atoms with Crippen LogP contribution in [0.15, 0.2) is 74.8 Å². The molecule has 0 saturated carbocycles. The predicted octanol–water partition coefficient (Wildman–Crippen LogP) is 5.30. The van der Waals surface area contributed by atoms with Crippen molar-refractivity contribution in [3.63, 3.8) is 0 Å². The molecule has 0 spiro atoms. The number of nitrogens with zero attached hydrogens (tertiary/aromatic N) is 3. The van der Waals surface area contributed by atoms with Crippen LogP contribution in [0.1, 0.15) is 55.4 Å². The molecular formula is C33H32FKN4O4. The van der Waals surface area contributed by atoms with Gasteiger partial charge < -0.3 is 4.74 Å². The summed E-state index contributed by atoms with van der Waals surface area (Å²) in [5.74, 6) is 0.514. The fraction of sp³-hybridized carbons (Fsp3) is 0.273. The SMILES string of the molecule is CCCc1nc(C)n(-c2ccc3c(c2)CC(C)(C)O3)c(=O)c1Cc1ccc(-c2ccccc2-c2noc(=O)[nH]2)c(F)c1.[KH]. The number of aromatic nitrogens is 4. The quantitative estimate of drug-likeness (QED) is 0.252. The van der Waals surface area contributed by atoms with Crippen LogP contribution in [0.5, 0.6) is 5.75 Å². The summed E-state index contributed by atoms with van der Waals surface area (Å²) in [6.07, 6.45) is 2.45. The number of halogens is 1. The van der Waals surface area contributed by atoms with E-state index in [1.54, 1.807) is 34.9 Å². The van der Waals surface area contributed by atoms with Crippen LogP contribution in [0.3, 0.4) is 0 Å². The summed E-state index contributed by atoms with van der Waals surface area (Å²) >= 11 is 0. The Morgan fingerprint density at radius 2 is 1.79 bits per heavy atom. The Morgan fingerprint density at radius 3 is 2.49 bits per heavy atom. The monoisotopic (exact) mass is 606 g/mol. The summed E-state index contributed by atoms with van der Waals surface area (Å²) in [6, 6.07) is 17.8. The molecule has 0 atom stereocenters. The van der Waals surface area contributed by atoms with Gasteiger partial charge in [-0.15, -0.1) is 0 Å². The third-order valence-electron chi connectivity index (χ3n) is 7.55. The van der Waals surface area contributed by atoms with Crippen molar-refractivity contribution in [2.45, 2.75) is 59.0 Å². The van der Waals surface area contributed by atoms with E-state index in [0.29, 0.717) is 40.1 Å². The minimum absolute atomic E-state index is 0. The number of H-pyrrole nitrogens is 1. The number of hydrogen-bond donors (Lipinski definition) is 1. The van der Waals surface area contributed by atoms with Gasteiger partial charge >= 0.3 is 57.1 Å². The molecule has 0 amide bonds. The van der Waals surface area contributed by atoms with E-state index >= 15 is 4.39 Å². The molecule has 3 heterocycles. The zero-order valence-electron chi connectivity index (χ0n) is 24.0. The first-order valence-electron chi connectivity index (χ1n) is 14.0. The van der Waals surface area contributed by atoms with Gasteiger partial charge in [-0.3, -0.25) is 18.9 Å². The molecule has 6 rings (SSSR count). The molecule has 0 fully saturated rings. The first-order chi connectivity index (χ1) is 20.1. The molecule has 0 radical (unpaired) electrons. The van der Waals surface area contributed by atoms with Gasteiger partial charge in [0, 0.05) is 35.1 Å². The summed E-state index contributed by atoms with van der Waals surface area (Å²) in [5.41, 5.74) is 4.70. The molecule has 0 unspecified atom stereocenters. The third-order valence-corrected chi connectivity index (χ3v) is 7.55.